The number of benzene rings is 1. The van der Waals surface area contributed by atoms with Crippen molar-refractivity contribution in [3.05, 3.63) is 83.2 Å². The van der Waals surface area contributed by atoms with E-state index >= 15 is 0 Å². The number of pyridine rings is 2. The number of aryl methyl sites for hydroxylation is 1. The van der Waals surface area contributed by atoms with Crippen molar-refractivity contribution in [3.8, 4) is 0 Å². The molecular weight excluding hydrogens is 410 g/mol. The lowest BCUT2D eigenvalue weighted by molar-refractivity contribution is -0.113. The molecule has 0 spiro atoms. The van der Waals surface area contributed by atoms with Crippen LogP contribution in [-0.4, -0.2) is 22.4 Å². The zero-order valence-corrected chi connectivity index (χ0v) is 19.1. The van der Waals surface area contributed by atoms with Crippen molar-refractivity contribution < 1.29 is 4.79 Å². The third-order valence-electron chi connectivity index (χ3n) is 5.99. The minimum atomic E-state index is -0.0282. The van der Waals surface area contributed by atoms with E-state index in [1.807, 2.05) is 24.3 Å². The van der Waals surface area contributed by atoms with E-state index in [-0.39, 0.29) is 5.91 Å². The van der Waals surface area contributed by atoms with Gasteiger partial charge in [-0.2, -0.15) is 0 Å². The fourth-order valence-electron chi connectivity index (χ4n) is 4.15. The summed E-state index contributed by atoms with van der Waals surface area (Å²) in [7, 11) is 0. The van der Waals surface area contributed by atoms with Crippen molar-refractivity contribution in [2.75, 3.05) is 22.9 Å². The van der Waals surface area contributed by atoms with Crippen LogP contribution in [0.1, 0.15) is 49.4 Å². The molecule has 1 aliphatic carbocycles. The fourth-order valence-corrected chi connectivity index (χ4v) is 4.15. The molecule has 0 aliphatic heterocycles. The number of carbonyl (C=O) groups is 1. The summed E-state index contributed by atoms with van der Waals surface area (Å²) in [4.78, 5) is 21.8. The van der Waals surface area contributed by atoms with Crippen LogP contribution in [0.4, 0.5) is 17.3 Å². The van der Waals surface area contributed by atoms with Crippen LogP contribution in [0.3, 0.4) is 0 Å². The fraction of sp³-hybridized carbons (Fsp3) is 0.296. The Kier molecular flexibility index (Phi) is 7.35. The lowest BCUT2D eigenvalue weighted by atomic mass is 9.86. The lowest BCUT2D eigenvalue weighted by Crippen LogP contribution is -2.18. The van der Waals surface area contributed by atoms with Gasteiger partial charge in [0.1, 0.15) is 11.6 Å². The average molecular weight is 442 g/mol. The van der Waals surface area contributed by atoms with Crippen LogP contribution in [0.2, 0.25) is 0 Å². The Morgan fingerprint density at radius 3 is 2.58 bits per heavy atom. The highest BCUT2D eigenvalue weighted by molar-refractivity contribution is 6.09. The number of nitrogens with two attached hydrogens (primary N) is 1. The molecule has 4 N–H and O–H groups in total. The number of hydrogen-bond acceptors (Lipinski definition) is 5. The highest BCUT2D eigenvalue weighted by Gasteiger charge is 2.20. The van der Waals surface area contributed by atoms with Gasteiger partial charge in [-0.25, -0.2) is 9.97 Å². The van der Waals surface area contributed by atoms with Crippen LogP contribution in [0.15, 0.2) is 66.4 Å². The molecule has 0 unspecified atom stereocenters. The van der Waals surface area contributed by atoms with E-state index in [4.69, 9.17) is 5.73 Å². The van der Waals surface area contributed by atoms with Crippen LogP contribution >= 0.6 is 0 Å². The Balaban J connectivity index is 1.38. The summed E-state index contributed by atoms with van der Waals surface area (Å²) < 4.78 is 0. The number of aromatic nitrogens is 2. The Morgan fingerprint density at radius 1 is 1.03 bits per heavy atom. The summed E-state index contributed by atoms with van der Waals surface area (Å²) >= 11 is 0. The van der Waals surface area contributed by atoms with Crippen molar-refractivity contribution in [1.29, 1.82) is 0 Å². The van der Waals surface area contributed by atoms with Gasteiger partial charge in [0.25, 0.3) is 5.91 Å². The normalized spacial score (nSPS) is 13.6. The molecule has 4 rings (SSSR count). The summed E-state index contributed by atoms with van der Waals surface area (Å²) in [5.74, 6) is 1.25. The topological polar surface area (TPSA) is 92.9 Å². The van der Waals surface area contributed by atoms with Crippen molar-refractivity contribution >= 4 is 28.8 Å². The van der Waals surface area contributed by atoms with Gasteiger partial charge in [0, 0.05) is 24.2 Å². The Hall–Kier alpha value is -3.67. The number of nitrogen functional groups attached to an aromatic ring is 1. The van der Waals surface area contributed by atoms with Gasteiger partial charge in [-0.15, -0.1) is 0 Å². The molecule has 0 atom stereocenters. The number of nitrogens with zero attached hydrogens (tertiary/aromatic N) is 2. The quantitative estimate of drug-likeness (QED) is 0.444. The smallest absolute Gasteiger partial charge is 0.251 e. The maximum absolute atomic E-state index is 13.1. The summed E-state index contributed by atoms with van der Waals surface area (Å²) in [6.45, 7) is 2.85. The molecule has 1 amide bonds. The molecule has 2 aromatic heterocycles. The molecule has 3 aromatic rings. The van der Waals surface area contributed by atoms with E-state index in [2.05, 4.69) is 51.8 Å². The van der Waals surface area contributed by atoms with E-state index in [1.54, 1.807) is 12.3 Å². The second-order valence-electron chi connectivity index (χ2n) is 8.33. The summed E-state index contributed by atoms with van der Waals surface area (Å²) in [6, 6.07) is 18.0. The van der Waals surface area contributed by atoms with Gasteiger partial charge in [-0.1, -0.05) is 37.3 Å². The van der Waals surface area contributed by atoms with Crippen LogP contribution in [0.5, 0.6) is 0 Å². The molecule has 0 saturated carbocycles. The van der Waals surface area contributed by atoms with Gasteiger partial charge >= 0.3 is 0 Å². The zero-order chi connectivity index (χ0) is 23.0. The van der Waals surface area contributed by atoms with E-state index in [0.29, 0.717) is 18.1 Å². The predicted octanol–water partition coefficient (Wildman–Crippen LogP) is 5.24. The number of carbonyl (C=O) groups excluding carboxylic acids is 1. The standard InChI is InChI=1S/C27H31N5O/c1-2-19-10-12-20(13-11-19)23-7-3-4-8-24(23)27(33)32-22-14-15-26(30-18-22)29-17-16-21-6-5-9-25(28)31-21/h5-6,9-15,18H,2-4,7-8,16-17H2,1H3,(H2,28,31)(H,29,30)(H,32,33). The zero-order valence-electron chi connectivity index (χ0n) is 19.1. The van der Waals surface area contributed by atoms with Crippen LogP contribution in [0, 0.1) is 0 Å². The van der Waals surface area contributed by atoms with Crippen molar-refractivity contribution in [3.63, 3.8) is 0 Å². The highest BCUT2D eigenvalue weighted by Crippen LogP contribution is 2.33. The SMILES string of the molecule is CCc1ccc(C2=C(C(=O)Nc3ccc(NCCc4cccc(N)n4)nc3)CCCC2)cc1. The first-order valence-electron chi connectivity index (χ1n) is 11.7. The highest BCUT2D eigenvalue weighted by atomic mass is 16.1. The maximum atomic E-state index is 13.1. The Morgan fingerprint density at radius 2 is 1.85 bits per heavy atom. The number of nitrogens with one attached hydrogen (secondary N) is 2. The molecular formula is C27H31N5O. The van der Waals surface area contributed by atoms with Gasteiger partial charge in [0.05, 0.1) is 11.9 Å². The van der Waals surface area contributed by atoms with Gasteiger partial charge < -0.3 is 16.4 Å². The van der Waals surface area contributed by atoms with Crippen LogP contribution in [0.25, 0.3) is 5.57 Å². The summed E-state index contributed by atoms with van der Waals surface area (Å²) in [5, 5.41) is 6.32. The molecule has 0 radical (unpaired) electrons. The predicted molar refractivity (Wildman–Crippen MR) is 135 cm³/mol. The van der Waals surface area contributed by atoms with Crippen LogP contribution in [-0.2, 0) is 17.6 Å². The first-order chi connectivity index (χ1) is 16.1. The molecule has 6 heteroatoms. The lowest BCUT2D eigenvalue weighted by Gasteiger charge is -2.20. The van der Waals surface area contributed by atoms with Crippen molar-refractivity contribution in [2.24, 2.45) is 0 Å². The van der Waals surface area contributed by atoms with Gasteiger partial charge in [0.2, 0.25) is 0 Å². The monoisotopic (exact) mass is 441 g/mol. The van der Waals surface area contributed by atoms with E-state index < -0.39 is 0 Å². The Labute approximate surface area is 195 Å². The number of rotatable bonds is 8. The molecule has 170 valence electrons. The summed E-state index contributed by atoms with van der Waals surface area (Å²) in [6.07, 6.45) is 7.37. The minimum Gasteiger partial charge on any atom is -0.384 e. The minimum absolute atomic E-state index is 0.0282. The summed E-state index contributed by atoms with van der Waals surface area (Å²) in [5.41, 5.74) is 11.9. The van der Waals surface area contributed by atoms with Gasteiger partial charge in [-0.3, -0.25) is 4.79 Å². The number of amides is 1. The first kappa shape index (κ1) is 22.5. The molecule has 0 bridgehead atoms. The van der Waals surface area contributed by atoms with Crippen molar-refractivity contribution in [1.82, 2.24) is 9.97 Å². The second kappa shape index (κ2) is 10.8. The second-order valence-corrected chi connectivity index (χ2v) is 8.33. The van der Waals surface area contributed by atoms with Gasteiger partial charge in [-0.05, 0) is 73.1 Å². The molecule has 2 heterocycles. The molecule has 1 aliphatic rings. The maximum Gasteiger partial charge on any atom is 0.251 e. The molecule has 1 aromatic carbocycles. The average Bonchev–Trinajstić information content (AvgIpc) is 2.85. The van der Waals surface area contributed by atoms with E-state index in [0.717, 1.165) is 61.2 Å². The molecule has 0 fully saturated rings. The Bertz CT molecular complexity index is 1120. The van der Waals surface area contributed by atoms with E-state index in [9.17, 15) is 4.79 Å². The van der Waals surface area contributed by atoms with Crippen LogP contribution < -0.4 is 16.4 Å². The molecule has 0 saturated heterocycles. The van der Waals surface area contributed by atoms with E-state index in [1.165, 1.54) is 11.1 Å². The number of hydrogen-bond donors (Lipinski definition) is 3. The third kappa shape index (κ3) is 5.98. The van der Waals surface area contributed by atoms with Gasteiger partial charge in [0.15, 0.2) is 0 Å². The number of allylic oxidation sites excluding steroid dienone is 1. The molecule has 33 heavy (non-hydrogen) atoms. The largest absolute Gasteiger partial charge is 0.384 e. The number of anilines is 3. The third-order valence-corrected chi connectivity index (χ3v) is 5.99. The van der Waals surface area contributed by atoms with Crippen molar-refractivity contribution in [2.45, 2.75) is 45.4 Å². The molecule has 6 nitrogen and oxygen atoms in total. The first-order valence-corrected chi connectivity index (χ1v) is 11.7.